The number of hydrogen-bond acceptors (Lipinski definition) is 3. The molecule has 1 N–H and O–H groups in total. The number of morpholine rings is 1. The van der Waals surface area contributed by atoms with Gasteiger partial charge in [0.1, 0.15) is 5.82 Å². The Morgan fingerprint density at radius 2 is 2.21 bits per heavy atom. The van der Waals surface area contributed by atoms with Crippen molar-refractivity contribution in [3.63, 3.8) is 0 Å². The van der Waals surface area contributed by atoms with Crippen LogP contribution in [0.4, 0.5) is 4.39 Å². The Bertz CT molecular complexity index is 522. The molecule has 1 amide bonds. The molecule has 5 nitrogen and oxygen atoms in total. The monoisotopic (exact) mass is 287 g/mol. The highest BCUT2D eigenvalue weighted by atomic mass is 35.5. The first-order valence-electron chi connectivity index (χ1n) is 5.57. The van der Waals surface area contributed by atoms with Crippen LogP contribution in [0.5, 0.6) is 0 Å². The van der Waals surface area contributed by atoms with Crippen LogP contribution in [0.15, 0.2) is 18.2 Å². The van der Waals surface area contributed by atoms with Crippen molar-refractivity contribution >= 4 is 23.5 Å². The van der Waals surface area contributed by atoms with Gasteiger partial charge >= 0.3 is 5.97 Å². The van der Waals surface area contributed by atoms with Crippen LogP contribution in [0.25, 0.3) is 0 Å². The lowest BCUT2D eigenvalue weighted by molar-refractivity contribution is -0.147. The molecule has 7 heteroatoms. The summed E-state index contributed by atoms with van der Waals surface area (Å²) in [4.78, 5) is 24.4. The van der Waals surface area contributed by atoms with E-state index >= 15 is 0 Å². The van der Waals surface area contributed by atoms with E-state index in [1.54, 1.807) is 0 Å². The van der Waals surface area contributed by atoms with E-state index in [0.29, 0.717) is 0 Å². The molecule has 1 atom stereocenters. The SMILES string of the molecule is O=C(O)C1COCCN1C(=O)c1cc(F)ccc1Cl. The molecule has 1 aliphatic heterocycles. The van der Waals surface area contributed by atoms with Gasteiger partial charge in [0.25, 0.3) is 5.91 Å². The van der Waals surface area contributed by atoms with E-state index in [2.05, 4.69) is 0 Å². The predicted molar refractivity (Wildman–Crippen MR) is 64.7 cm³/mol. The average molecular weight is 288 g/mol. The molecule has 1 fully saturated rings. The molecule has 0 bridgehead atoms. The largest absolute Gasteiger partial charge is 0.480 e. The maximum Gasteiger partial charge on any atom is 0.328 e. The van der Waals surface area contributed by atoms with Gasteiger partial charge in [-0.3, -0.25) is 4.79 Å². The maximum atomic E-state index is 13.2. The van der Waals surface area contributed by atoms with Gasteiger partial charge in [-0.05, 0) is 18.2 Å². The standard InChI is InChI=1S/C12H11ClFNO4/c13-9-2-1-7(14)5-8(9)11(16)15-3-4-19-6-10(15)12(17)18/h1-2,5,10H,3-4,6H2,(H,17,18). The summed E-state index contributed by atoms with van der Waals surface area (Å²) in [6.07, 6.45) is 0. The van der Waals surface area contributed by atoms with E-state index < -0.39 is 23.7 Å². The Balaban J connectivity index is 2.31. The van der Waals surface area contributed by atoms with Gasteiger partial charge < -0.3 is 14.7 Å². The predicted octanol–water partition coefficient (Wildman–Crippen LogP) is 1.40. The minimum absolute atomic E-state index is 0.0465. The van der Waals surface area contributed by atoms with Crippen LogP contribution in [-0.2, 0) is 9.53 Å². The van der Waals surface area contributed by atoms with Crippen LogP contribution in [0.2, 0.25) is 5.02 Å². The van der Waals surface area contributed by atoms with Crippen LogP contribution >= 0.6 is 11.6 Å². The van der Waals surface area contributed by atoms with Crippen LogP contribution in [0, 0.1) is 5.82 Å². The zero-order chi connectivity index (χ0) is 14.0. The molecule has 1 aromatic carbocycles. The van der Waals surface area contributed by atoms with E-state index in [-0.39, 0.29) is 30.3 Å². The highest BCUT2D eigenvalue weighted by Gasteiger charge is 2.34. The molecule has 1 aromatic rings. The van der Waals surface area contributed by atoms with Crippen molar-refractivity contribution in [1.82, 2.24) is 4.90 Å². The smallest absolute Gasteiger partial charge is 0.328 e. The molecule has 1 saturated heterocycles. The summed E-state index contributed by atoms with van der Waals surface area (Å²) in [7, 11) is 0. The van der Waals surface area contributed by atoms with Gasteiger partial charge in [-0.1, -0.05) is 11.6 Å². The maximum absolute atomic E-state index is 13.2. The Morgan fingerprint density at radius 3 is 2.89 bits per heavy atom. The molecule has 0 aromatic heterocycles. The Hall–Kier alpha value is -1.66. The minimum Gasteiger partial charge on any atom is -0.480 e. The molecule has 0 spiro atoms. The van der Waals surface area contributed by atoms with Gasteiger partial charge in [0.15, 0.2) is 6.04 Å². The first-order valence-corrected chi connectivity index (χ1v) is 5.95. The molecule has 0 radical (unpaired) electrons. The second-order valence-corrected chi connectivity index (χ2v) is 4.46. The number of halogens is 2. The molecule has 102 valence electrons. The highest BCUT2D eigenvalue weighted by molar-refractivity contribution is 6.33. The van der Waals surface area contributed by atoms with Crippen molar-refractivity contribution in [2.75, 3.05) is 19.8 Å². The van der Waals surface area contributed by atoms with Crippen molar-refractivity contribution in [2.45, 2.75) is 6.04 Å². The van der Waals surface area contributed by atoms with E-state index in [0.717, 1.165) is 17.0 Å². The Kier molecular flexibility index (Phi) is 4.01. The van der Waals surface area contributed by atoms with Gasteiger partial charge in [-0.15, -0.1) is 0 Å². The van der Waals surface area contributed by atoms with Crippen molar-refractivity contribution in [2.24, 2.45) is 0 Å². The van der Waals surface area contributed by atoms with E-state index in [1.807, 2.05) is 0 Å². The minimum atomic E-state index is -1.17. The normalized spacial score (nSPS) is 19.3. The second-order valence-electron chi connectivity index (χ2n) is 4.05. The molecule has 1 aliphatic rings. The number of carboxylic acids is 1. The van der Waals surface area contributed by atoms with Gasteiger partial charge in [-0.25, -0.2) is 9.18 Å². The third kappa shape index (κ3) is 2.85. The number of carbonyl (C=O) groups excluding carboxylic acids is 1. The van der Waals surface area contributed by atoms with Gasteiger partial charge in [0.05, 0.1) is 23.8 Å². The molecule has 1 heterocycles. The number of hydrogen-bond donors (Lipinski definition) is 1. The molecule has 0 saturated carbocycles. The first-order chi connectivity index (χ1) is 9.00. The van der Waals surface area contributed by atoms with Crippen LogP contribution < -0.4 is 0 Å². The Labute approximate surface area is 113 Å². The van der Waals surface area contributed by atoms with Gasteiger partial charge in [0.2, 0.25) is 0 Å². The number of nitrogens with zero attached hydrogens (tertiary/aromatic N) is 1. The topological polar surface area (TPSA) is 66.8 Å². The number of ether oxygens (including phenoxy) is 1. The number of carboxylic acid groups (broad SMARTS) is 1. The Morgan fingerprint density at radius 1 is 1.47 bits per heavy atom. The summed E-state index contributed by atoms with van der Waals surface area (Å²) in [5.74, 6) is -2.38. The summed E-state index contributed by atoms with van der Waals surface area (Å²) in [5, 5.41) is 9.13. The lowest BCUT2D eigenvalue weighted by atomic mass is 10.1. The lowest BCUT2D eigenvalue weighted by Crippen LogP contribution is -2.52. The van der Waals surface area contributed by atoms with Crippen LogP contribution in [0.3, 0.4) is 0 Å². The van der Waals surface area contributed by atoms with Crippen LogP contribution in [0.1, 0.15) is 10.4 Å². The summed E-state index contributed by atoms with van der Waals surface area (Å²) < 4.78 is 18.2. The number of benzene rings is 1. The number of amides is 1. The number of aliphatic carboxylic acids is 1. The van der Waals surface area contributed by atoms with Crippen LogP contribution in [-0.4, -0.2) is 47.7 Å². The highest BCUT2D eigenvalue weighted by Crippen LogP contribution is 2.21. The fourth-order valence-electron chi connectivity index (χ4n) is 1.87. The van der Waals surface area contributed by atoms with Crippen molar-refractivity contribution in [3.8, 4) is 0 Å². The molecule has 19 heavy (non-hydrogen) atoms. The zero-order valence-corrected chi connectivity index (χ0v) is 10.6. The summed E-state index contributed by atoms with van der Waals surface area (Å²) >= 11 is 5.84. The average Bonchev–Trinajstić information content (AvgIpc) is 2.40. The van der Waals surface area contributed by atoms with E-state index in [1.165, 1.54) is 6.07 Å². The van der Waals surface area contributed by atoms with Crippen molar-refractivity contribution < 1.29 is 23.8 Å². The molecular weight excluding hydrogens is 277 g/mol. The van der Waals surface area contributed by atoms with Gasteiger partial charge in [0, 0.05) is 6.54 Å². The van der Waals surface area contributed by atoms with Crippen molar-refractivity contribution in [1.29, 1.82) is 0 Å². The third-order valence-corrected chi connectivity index (χ3v) is 3.16. The number of carbonyl (C=O) groups is 2. The third-order valence-electron chi connectivity index (χ3n) is 2.83. The fourth-order valence-corrected chi connectivity index (χ4v) is 2.07. The molecule has 2 rings (SSSR count). The second kappa shape index (κ2) is 5.54. The summed E-state index contributed by atoms with van der Waals surface area (Å²) in [6.45, 7) is 0.277. The zero-order valence-electron chi connectivity index (χ0n) is 9.81. The quantitative estimate of drug-likeness (QED) is 0.893. The fraction of sp³-hybridized carbons (Fsp3) is 0.333. The number of rotatable bonds is 2. The summed E-state index contributed by atoms with van der Waals surface area (Å²) in [6, 6.07) is 2.31. The van der Waals surface area contributed by atoms with E-state index in [4.69, 9.17) is 21.4 Å². The molecular formula is C12H11ClFNO4. The molecule has 0 aliphatic carbocycles. The summed E-state index contributed by atoms with van der Waals surface area (Å²) in [5.41, 5.74) is -0.0465. The van der Waals surface area contributed by atoms with E-state index in [9.17, 15) is 14.0 Å². The lowest BCUT2D eigenvalue weighted by Gasteiger charge is -2.33. The molecule has 1 unspecified atom stereocenters. The first kappa shape index (κ1) is 13.8. The van der Waals surface area contributed by atoms with Crippen molar-refractivity contribution in [3.05, 3.63) is 34.6 Å². The van der Waals surface area contributed by atoms with Gasteiger partial charge in [-0.2, -0.15) is 0 Å².